The fourth-order valence-corrected chi connectivity index (χ4v) is 2.55. The number of nitrogen functional groups attached to an aromatic ring is 1. The molecule has 100 valence electrons. The molecule has 2 aromatic rings. The number of benzene rings is 1. The molecule has 0 atom stereocenters. The molecule has 0 fully saturated rings. The number of aromatic nitrogens is 1. The van der Waals surface area contributed by atoms with Crippen molar-refractivity contribution < 1.29 is 4.74 Å². The van der Waals surface area contributed by atoms with Crippen molar-refractivity contribution >= 4 is 17.4 Å². The van der Waals surface area contributed by atoms with E-state index in [2.05, 4.69) is 11.1 Å². The normalized spacial score (nSPS) is 10.4. The van der Waals surface area contributed by atoms with Crippen molar-refractivity contribution in [3.8, 4) is 5.75 Å². The Morgan fingerprint density at radius 3 is 2.68 bits per heavy atom. The van der Waals surface area contributed by atoms with Crippen LogP contribution in [-0.2, 0) is 12.3 Å². The van der Waals surface area contributed by atoms with Gasteiger partial charge in [0.25, 0.3) is 0 Å². The van der Waals surface area contributed by atoms with Gasteiger partial charge in [0.1, 0.15) is 5.75 Å². The number of ether oxygens (including phenoxy) is 1. The van der Waals surface area contributed by atoms with Crippen LogP contribution in [0, 0.1) is 0 Å². The van der Waals surface area contributed by atoms with Gasteiger partial charge in [-0.1, -0.05) is 6.07 Å². The van der Waals surface area contributed by atoms with E-state index < -0.39 is 0 Å². The Morgan fingerprint density at radius 2 is 2.00 bits per heavy atom. The first kappa shape index (κ1) is 13.7. The zero-order valence-electron chi connectivity index (χ0n) is 10.8. The van der Waals surface area contributed by atoms with E-state index in [1.54, 1.807) is 25.1 Å². The summed E-state index contributed by atoms with van der Waals surface area (Å²) in [6, 6.07) is 7.78. The Kier molecular flexibility index (Phi) is 4.65. The highest BCUT2D eigenvalue weighted by atomic mass is 32.2. The molecule has 1 aromatic carbocycles. The van der Waals surface area contributed by atoms with Crippen LogP contribution < -0.4 is 16.2 Å². The molecule has 0 aliphatic carbocycles. The third kappa shape index (κ3) is 3.62. The van der Waals surface area contributed by atoms with Crippen LogP contribution in [0.15, 0.2) is 41.6 Å². The van der Waals surface area contributed by atoms with E-state index in [9.17, 15) is 0 Å². The molecule has 19 heavy (non-hydrogen) atoms. The van der Waals surface area contributed by atoms with E-state index in [0.717, 1.165) is 33.2 Å². The van der Waals surface area contributed by atoms with Gasteiger partial charge in [-0.15, -0.1) is 11.8 Å². The smallest absolute Gasteiger partial charge is 0.120 e. The first-order valence-electron chi connectivity index (χ1n) is 5.92. The molecule has 1 heterocycles. The number of hydrogen-bond acceptors (Lipinski definition) is 5. The molecule has 0 aliphatic rings. The van der Waals surface area contributed by atoms with Crippen LogP contribution in [0.5, 0.6) is 5.75 Å². The Hall–Kier alpha value is -1.72. The van der Waals surface area contributed by atoms with Crippen molar-refractivity contribution in [1.29, 1.82) is 0 Å². The molecule has 4 N–H and O–H groups in total. The summed E-state index contributed by atoms with van der Waals surface area (Å²) in [4.78, 5) is 5.21. The van der Waals surface area contributed by atoms with Gasteiger partial charge < -0.3 is 16.2 Å². The fourth-order valence-electron chi connectivity index (χ4n) is 1.68. The van der Waals surface area contributed by atoms with Gasteiger partial charge in [-0.2, -0.15) is 0 Å². The largest absolute Gasteiger partial charge is 0.497 e. The summed E-state index contributed by atoms with van der Waals surface area (Å²) < 4.78 is 5.13. The minimum atomic E-state index is 0.510. The van der Waals surface area contributed by atoms with Crippen molar-refractivity contribution in [2.75, 3.05) is 12.8 Å². The maximum atomic E-state index is 5.98. The Labute approximate surface area is 117 Å². The van der Waals surface area contributed by atoms with Crippen LogP contribution in [0.25, 0.3) is 0 Å². The number of pyridine rings is 1. The zero-order chi connectivity index (χ0) is 13.7. The van der Waals surface area contributed by atoms with Gasteiger partial charge in [0.05, 0.1) is 7.11 Å². The second-order valence-corrected chi connectivity index (χ2v) is 5.12. The van der Waals surface area contributed by atoms with Crippen molar-refractivity contribution in [1.82, 2.24) is 4.98 Å². The Bertz CT molecular complexity index is 560. The lowest BCUT2D eigenvalue weighted by Gasteiger charge is -2.08. The number of anilines is 1. The summed E-state index contributed by atoms with van der Waals surface area (Å²) in [5.74, 6) is 1.59. The van der Waals surface area contributed by atoms with Crippen LogP contribution in [-0.4, -0.2) is 12.1 Å². The topological polar surface area (TPSA) is 74.2 Å². The van der Waals surface area contributed by atoms with Gasteiger partial charge in [0.2, 0.25) is 0 Å². The van der Waals surface area contributed by atoms with E-state index in [-0.39, 0.29) is 0 Å². The van der Waals surface area contributed by atoms with Crippen molar-refractivity contribution in [3.63, 3.8) is 0 Å². The molecule has 0 aliphatic heterocycles. The Morgan fingerprint density at radius 1 is 1.21 bits per heavy atom. The maximum absolute atomic E-state index is 5.98. The van der Waals surface area contributed by atoms with Gasteiger partial charge in [0.15, 0.2) is 0 Å². The molecule has 2 rings (SSSR count). The van der Waals surface area contributed by atoms with Crippen molar-refractivity contribution in [3.05, 3.63) is 47.8 Å². The highest BCUT2D eigenvalue weighted by Gasteiger charge is 2.03. The monoisotopic (exact) mass is 275 g/mol. The standard InChI is InChI=1S/C14H17N3OS/c1-18-12-2-3-14(13(16)5-12)19-9-11-4-10(6-15)7-17-8-11/h2-5,7-8H,6,9,15-16H2,1H3. The highest BCUT2D eigenvalue weighted by molar-refractivity contribution is 7.98. The highest BCUT2D eigenvalue weighted by Crippen LogP contribution is 2.30. The Balaban J connectivity index is 2.05. The molecule has 4 nitrogen and oxygen atoms in total. The second-order valence-electron chi connectivity index (χ2n) is 4.10. The average molecular weight is 275 g/mol. The first-order chi connectivity index (χ1) is 9.22. The average Bonchev–Trinajstić information content (AvgIpc) is 2.46. The van der Waals surface area contributed by atoms with Crippen LogP contribution in [0.4, 0.5) is 5.69 Å². The van der Waals surface area contributed by atoms with Gasteiger partial charge >= 0.3 is 0 Å². The van der Waals surface area contributed by atoms with Gasteiger partial charge in [0, 0.05) is 41.3 Å². The van der Waals surface area contributed by atoms with E-state index >= 15 is 0 Å². The molecule has 0 radical (unpaired) electrons. The molecule has 0 spiro atoms. The van der Waals surface area contributed by atoms with Crippen LogP contribution in [0.1, 0.15) is 11.1 Å². The molecular formula is C14H17N3OS. The summed E-state index contributed by atoms with van der Waals surface area (Å²) in [7, 11) is 1.63. The van der Waals surface area contributed by atoms with Gasteiger partial charge in [-0.3, -0.25) is 4.98 Å². The number of nitrogens with two attached hydrogens (primary N) is 2. The lowest BCUT2D eigenvalue weighted by Crippen LogP contribution is -1.98. The fraction of sp³-hybridized carbons (Fsp3) is 0.214. The van der Waals surface area contributed by atoms with Crippen LogP contribution in [0.3, 0.4) is 0 Å². The summed E-state index contributed by atoms with van der Waals surface area (Å²) >= 11 is 1.68. The minimum absolute atomic E-state index is 0.510. The van der Waals surface area contributed by atoms with Gasteiger partial charge in [-0.05, 0) is 23.3 Å². The summed E-state index contributed by atoms with van der Waals surface area (Å²) in [5, 5.41) is 0. The van der Waals surface area contributed by atoms with Crippen molar-refractivity contribution in [2.45, 2.75) is 17.2 Å². The lowest BCUT2D eigenvalue weighted by atomic mass is 10.2. The molecule has 0 unspecified atom stereocenters. The number of thioether (sulfide) groups is 1. The quantitative estimate of drug-likeness (QED) is 0.647. The van der Waals surface area contributed by atoms with E-state index in [0.29, 0.717) is 6.54 Å². The molecule has 0 saturated heterocycles. The predicted molar refractivity (Wildman–Crippen MR) is 79.1 cm³/mol. The maximum Gasteiger partial charge on any atom is 0.120 e. The minimum Gasteiger partial charge on any atom is -0.497 e. The second kappa shape index (κ2) is 6.45. The number of methoxy groups -OCH3 is 1. The van der Waals surface area contributed by atoms with Crippen LogP contribution in [0.2, 0.25) is 0 Å². The third-order valence-electron chi connectivity index (χ3n) is 2.70. The van der Waals surface area contributed by atoms with E-state index in [1.807, 2.05) is 24.4 Å². The molecule has 0 bridgehead atoms. The van der Waals surface area contributed by atoms with Gasteiger partial charge in [-0.25, -0.2) is 0 Å². The summed E-state index contributed by atoms with van der Waals surface area (Å²) in [6.45, 7) is 0.510. The van der Waals surface area contributed by atoms with Crippen molar-refractivity contribution in [2.24, 2.45) is 5.73 Å². The van der Waals surface area contributed by atoms with E-state index in [1.165, 1.54) is 0 Å². The predicted octanol–water partition coefficient (Wildman–Crippen LogP) is 2.42. The number of rotatable bonds is 5. The molecule has 1 aromatic heterocycles. The molecule has 5 heteroatoms. The van der Waals surface area contributed by atoms with E-state index in [4.69, 9.17) is 16.2 Å². The summed E-state index contributed by atoms with van der Waals surface area (Å²) in [5.41, 5.74) is 14.5. The third-order valence-corrected chi connectivity index (χ3v) is 3.86. The number of hydrogen-bond donors (Lipinski definition) is 2. The molecular weight excluding hydrogens is 258 g/mol. The first-order valence-corrected chi connectivity index (χ1v) is 6.90. The molecule has 0 amide bonds. The van der Waals surface area contributed by atoms with Crippen LogP contribution >= 0.6 is 11.8 Å². The molecule has 0 saturated carbocycles. The summed E-state index contributed by atoms with van der Waals surface area (Å²) in [6.07, 6.45) is 3.64. The lowest BCUT2D eigenvalue weighted by molar-refractivity contribution is 0.415. The number of nitrogens with zero attached hydrogens (tertiary/aromatic N) is 1. The SMILES string of the molecule is COc1ccc(SCc2cncc(CN)c2)c(N)c1. The zero-order valence-corrected chi connectivity index (χ0v) is 11.6.